The Balaban J connectivity index is 2.47. The van der Waals surface area contributed by atoms with Crippen LogP contribution in [0.4, 0.5) is 0 Å². The van der Waals surface area contributed by atoms with E-state index >= 15 is 0 Å². The van der Waals surface area contributed by atoms with E-state index < -0.39 is 23.4 Å². The highest BCUT2D eigenvalue weighted by molar-refractivity contribution is 5.92. The second-order valence-corrected chi connectivity index (χ2v) is 3.78. The second-order valence-electron chi connectivity index (χ2n) is 3.78. The summed E-state index contributed by atoms with van der Waals surface area (Å²) in [7, 11) is 0. The van der Waals surface area contributed by atoms with E-state index in [0.29, 0.717) is 0 Å². The molecule has 102 valence electrons. The van der Waals surface area contributed by atoms with Crippen molar-refractivity contribution in [1.82, 2.24) is 9.97 Å². The average Bonchev–Trinajstić information content (AvgIpc) is 2.37. The number of nitrogens with zero attached hydrogens (tertiary/aromatic N) is 2. The topological polar surface area (TPSA) is 141 Å². The molecular weight excluding hydrogens is 268 g/mol. The first-order chi connectivity index (χ1) is 9.40. The van der Waals surface area contributed by atoms with E-state index in [1.54, 1.807) is 0 Å². The molecule has 0 saturated carbocycles. The zero-order valence-electron chi connectivity index (χ0n) is 9.81. The molecule has 0 unspecified atom stereocenters. The molecule has 0 aliphatic carbocycles. The number of carboxylic acid groups (broad SMARTS) is 2. The minimum absolute atomic E-state index is 0.0970. The Morgan fingerprint density at radius 3 is 1.40 bits per heavy atom. The minimum atomic E-state index is -1.33. The van der Waals surface area contributed by atoms with Crippen LogP contribution >= 0.6 is 0 Å². The quantitative estimate of drug-likeness (QED) is 0.649. The molecule has 0 amide bonds. The van der Waals surface area contributed by atoms with Gasteiger partial charge in [0.15, 0.2) is 0 Å². The molecule has 0 bridgehead atoms. The number of carbonyl (C=O) groups is 2. The lowest BCUT2D eigenvalue weighted by molar-refractivity contribution is 0.0681. The van der Waals surface area contributed by atoms with Crippen molar-refractivity contribution in [2.24, 2.45) is 0 Å². The molecule has 0 fully saturated rings. The average molecular weight is 276 g/mol. The van der Waals surface area contributed by atoms with E-state index in [0.717, 1.165) is 24.5 Å². The van der Waals surface area contributed by atoms with Crippen LogP contribution < -0.4 is 0 Å². The molecule has 0 aliphatic heterocycles. The van der Waals surface area contributed by atoms with Crippen LogP contribution in [0.2, 0.25) is 0 Å². The summed E-state index contributed by atoms with van der Waals surface area (Å²) in [6.45, 7) is 0. The van der Waals surface area contributed by atoms with Gasteiger partial charge in [-0.25, -0.2) is 9.59 Å². The summed E-state index contributed by atoms with van der Waals surface area (Å²) in [6.07, 6.45) is 1.88. The second kappa shape index (κ2) is 4.84. The maximum absolute atomic E-state index is 10.7. The number of pyridine rings is 2. The SMILES string of the molecule is O=C(O)c1cnc(-c2cc(O)c(C(=O)O)cn2)cc1O. The van der Waals surface area contributed by atoms with Crippen molar-refractivity contribution >= 4 is 11.9 Å². The zero-order chi connectivity index (χ0) is 14.9. The molecule has 0 aromatic carbocycles. The summed E-state index contributed by atoms with van der Waals surface area (Å²) < 4.78 is 0. The number of carboxylic acids is 2. The Morgan fingerprint density at radius 1 is 0.800 bits per heavy atom. The van der Waals surface area contributed by atoms with Crippen LogP contribution in [-0.2, 0) is 0 Å². The number of hydrogen-bond donors (Lipinski definition) is 4. The molecule has 4 N–H and O–H groups in total. The Labute approximate surface area is 111 Å². The van der Waals surface area contributed by atoms with Crippen LogP contribution in [0.15, 0.2) is 24.5 Å². The van der Waals surface area contributed by atoms with Gasteiger partial charge >= 0.3 is 11.9 Å². The Bertz CT molecular complexity index is 652. The maximum Gasteiger partial charge on any atom is 0.341 e. The van der Waals surface area contributed by atoms with E-state index in [1.807, 2.05) is 0 Å². The predicted octanol–water partition coefficient (Wildman–Crippen LogP) is 0.951. The lowest BCUT2D eigenvalue weighted by Gasteiger charge is -2.05. The summed E-state index contributed by atoms with van der Waals surface area (Å²) >= 11 is 0. The van der Waals surface area contributed by atoms with Crippen molar-refractivity contribution < 1.29 is 30.0 Å². The third-order valence-corrected chi connectivity index (χ3v) is 2.49. The van der Waals surface area contributed by atoms with E-state index in [2.05, 4.69) is 9.97 Å². The first-order valence-corrected chi connectivity index (χ1v) is 5.25. The van der Waals surface area contributed by atoms with Crippen molar-refractivity contribution in [3.8, 4) is 22.9 Å². The van der Waals surface area contributed by atoms with Gasteiger partial charge in [-0.15, -0.1) is 0 Å². The summed E-state index contributed by atoms with van der Waals surface area (Å²) in [6, 6.07) is 2.12. The lowest BCUT2D eigenvalue weighted by atomic mass is 10.1. The third kappa shape index (κ3) is 2.34. The van der Waals surface area contributed by atoms with E-state index in [9.17, 15) is 19.8 Å². The molecule has 2 aromatic heterocycles. The molecule has 8 nitrogen and oxygen atoms in total. The first kappa shape index (κ1) is 13.3. The Kier molecular flexibility index (Phi) is 3.21. The highest BCUT2D eigenvalue weighted by Gasteiger charge is 2.15. The van der Waals surface area contributed by atoms with Crippen LogP contribution in [0.1, 0.15) is 20.7 Å². The minimum Gasteiger partial charge on any atom is -0.507 e. The fourth-order valence-corrected chi connectivity index (χ4v) is 1.50. The number of aromatic hydroxyl groups is 2. The zero-order valence-corrected chi connectivity index (χ0v) is 9.81. The van der Waals surface area contributed by atoms with Crippen LogP contribution in [0.25, 0.3) is 11.4 Å². The third-order valence-electron chi connectivity index (χ3n) is 2.49. The molecule has 20 heavy (non-hydrogen) atoms. The van der Waals surface area contributed by atoms with Crippen molar-refractivity contribution in [3.63, 3.8) is 0 Å². The standard InChI is InChI=1S/C12H8N2O6/c15-9-1-7(13-3-5(9)11(17)18)8-2-10(16)6(4-14-8)12(19)20/h1-4H,(H,13,15)(H,14,16)(H,17,18)(H,19,20). The van der Waals surface area contributed by atoms with E-state index in [1.165, 1.54) is 0 Å². The Morgan fingerprint density at radius 2 is 1.15 bits per heavy atom. The fraction of sp³-hybridized carbons (Fsp3) is 0. The predicted molar refractivity (Wildman–Crippen MR) is 64.7 cm³/mol. The van der Waals surface area contributed by atoms with Gasteiger partial charge in [-0.05, 0) is 0 Å². The van der Waals surface area contributed by atoms with Crippen molar-refractivity contribution in [3.05, 3.63) is 35.7 Å². The number of aromatic nitrogens is 2. The molecule has 8 heteroatoms. The van der Waals surface area contributed by atoms with Gasteiger partial charge in [-0.1, -0.05) is 0 Å². The van der Waals surface area contributed by atoms with Gasteiger partial charge in [0.2, 0.25) is 0 Å². The lowest BCUT2D eigenvalue weighted by Crippen LogP contribution is -2.00. The molecule has 0 atom stereocenters. The van der Waals surface area contributed by atoms with Crippen LogP contribution in [0, 0.1) is 0 Å². The molecule has 0 radical (unpaired) electrons. The fourth-order valence-electron chi connectivity index (χ4n) is 1.50. The van der Waals surface area contributed by atoms with Gasteiger partial charge in [-0.3, -0.25) is 9.97 Å². The number of hydrogen-bond acceptors (Lipinski definition) is 6. The van der Waals surface area contributed by atoms with E-state index in [-0.39, 0.29) is 22.5 Å². The first-order valence-electron chi connectivity index (χ1n) is 5.25. The summed E-state index contributed by atoms with van der Waals surface area (Å²) in [5, 5.41) is 36.6. The van der Waals surface area contributed by atoms with Gasteiger partial charge < -0.3 is 20.4 Å². The van der Waals surface area contributed by atoms with Crippen LogP contribution in [0.5, 0.6) is 11.5 Å². The summed E-state index contributed by atoms with van der Waals surface area (Å²) in [5.41, 5.74) is -0.556. The molecule has 0 saturated heterocycles. The summed E-state index contributed by atoms with van der Waals surface area (Å²) in [4.78, 5) is 29.0. The van der Waals surface area contributed by atoms with Crippen molar-refractivity contribution in [2.75, 3.05) is 0 Å². The molecule has 2 aromatic rings. The van der Waals surface area contributed by atoms with Gasteiger partial charge in [0.05, 0.1) is 11.4 Å². The molecular formula is C12H8N2O6. The highest BCUT2D eigenvalue weighted by Crippen LogP contribution is 2.26. The van der Waals surface area contributed by atoms with Crippen molar-refractivity contribution in [1.29, 1.82) is 0 Å². The van der Waals surface area contributed by atoms with E-state index in [4.69, 9.17) is 10.2 Å². The monoisotopic (exact) mass is 276 g/mol. The largest absolute Gasteiger partial charge is 0.507 e. The normalized spacial score (nSPS) is 10.2. The molecule has 2 rings (SSSR count). The smallest absolute Gasteiger partial charge is 0.341 e. The number of aromatic carboxylic acids is 2. The molecule has 2 heterocycles. The number of rotatable bonds is 3. The van der Waals surface area contributed by atoms with Gasteiger partial charge in [0, 0.05) is 24.5 Å². The van der Waals surface area contributed by atoms with Crippen molar-refractivity contribution in [2.45, 2.75) is 0 Å². The summed E-state index contributed by atoms with van der Waals surface area (Å²) in [5.74, 6) is -3.69. The van der Waals surface area contributed by atoms with Gasteiger partial charge in [0.1, 0.15) is 22.6 Å². The molecule has 0 spiro atoms. The highest BCUT2D eigenvalue weighted by atomic mass is 16.4. The van der Waals surface area contributed by atoms with Crippen LogP contribution in [0.3, 0.4) is 0 Å². The Hall–Kier alpha value is -3.16. The molecule has 0 aliphatic rings. The van der Waals surface area contributed by atoms with Crippen LogP contribution in [-0.4, -0.2) is 42.3 Å². The maximum atomic E-state index is 10.7. The van der Waals surface area contributed by atoms with Gasteiger partial charge in [0.25, 0.3) is 0 Å². The van der Waals surface area contributed by atoms with Gasteiger partial charge in [-0.2, -0.15) is 0 Å².